The van der Waals surface area contributed by atoms with Gasteiger partial charge in [0.25, 0.3) is 5.91 Å². The Morgan fingerprint density at radius 1 is 1.17 bits per heavy atom. The van der Waals surface area contributed by atoms with Crippen LogP contribution in [0.4, 0.5) is 5.69 Å². The number of hydrogen-bond acceptors (Lipinski definition) is 6. The van der Waals surface area contributed by atoms with Crippen LogP contribution < -0.4 is 10.2 Å². The first-order chi connectivity index (χ1) is 11.6. The van der Waals surface area contributed by atoms with E-state index in [1.807, 2.05) is 18.2 Å². The van der Waals surface area contributed by atoms with E-state index in [1.54, 1.807) is 0 Å². The molecule has 0 aliphatic carbocycles. The summed E-state index contributed by atoms with van der Waals surface area (Å²) < 4.78 is 12.1. The van der Waals surface area contributed by atoms with Gasteiger partial charge >= 0.3 is 0 Å². The van der Waals surface area contributed by atoms with Crippen molar-refractivity contribution in [2.75, 3.05) is 31.2 Å². The van der Waals surface area contributed by atoms with Gasteiger partial charge in [-0.25, -0.2) is 0 Å². The van der Waals surface area contributed by atoms with E-state index in [4.69, 9.17) is 21.7 Å². The second-order valence-electron chi connectivity index (χ2n) is 6.04. The van der Waals surface area contributed by atoms with Gasteiger partial charge in [0, 0.05) is 31.6 Å². The minimum Gasteiger partial charge on any atom is -0.371 e. The van der Waals surface area contributed by atoms with E-state index in [-0.39, 0.29) is 11.7 Å². The van der Waals surface area contributed by atoms with E-state index in [0.29, 0.717) is 22.4 Å². The van der Waals surface area contributed by atoms with E-state index in [9.17, 15) is 4.79 Å². The van der Waals surface area contributed by atoms with Crippen molar-refractivity contribution in [3.63, 3.8) is 0 Å². The summed E-state index contributed by atoms with van der Waals surface area (Å²) in [4.78, 5) is 14.7. The van der Waals surface area contributed by atoms with E-state index in [2.05, 4.69) is 22.3 Å². The highest BCUT2D eigenvalue weighted by molar-refractivity contribution is 8.26. The maximum Gasteiger partial charge on any atom is 0.263 e. The van der Waals surface area contributed by atoms with E-state index in [1.165, 1.54) is 17.4 Å². The molecule has 0 radical (unpaired) electrons. The molecule has 3 fully saturated rings. The molecule has 5 nitrogen and oxygen atoms in total. The number of piperidine rings is 1. The molecule has 1 amide bonds. The Morgan fingerprint density at radius 3 is 2.42 bits per heavy atom. The maximum absolute atomic E-state index is 11.7. The van der Waals surface area contributed by atoms with Crippen LogP contribution in [0.3, 0.4) is 0 Å². The van der Waals surface area contributed by atoms with E-state index >= 15 is 0 Å². The minimum atomic E-state index is -0.341. The molecule has 7 heteroatoms. The van der Waals surface area contributed by atoms with Gasteiger partial charge in [-0.3, -0.25) is 4.79 Å². The highest BCUT2D eigenvalue weighted by Gasteiger charge is 2.39. The van der Waals surface area contributed by atoms with Gasteiger partial charge in [0.1, 0.15) is 4.32 Å². The molecule has 3 heterocycles. The van der Waals surface area contributed by atoms with Crippen molar-refractivity contribution in [3.05, 3.63) is 34.7 Å². The molecule has 0 atom stereocenters. The van der Waals surface area contributed by atoms with Gasteiger partial charge < -0.3 is 19.7 Å². The minimum absolute atomic E-state index is 0.119. The first kappa shape index (κ1) is 16.1. The molecule has 1 aromatic carbocycles. The Hall–Kier alpha value is -1.41. The number of benzene rings is 1. The largest absolute Gasteiger partial charge is 0.371 e. The molecule has 3 saturated heterocycles. The lowest BCUT2D eigenvalue weighted by molar-refractivity contribution is -0.169. The molecular formula is C17H18N2O3S2. The van der Waals surface area contributed by atoms with Crippen LogP contribution >= 0.6 is 24.0 Å². The number of ether oxygens (including phenoxy) is 2. The fraction of sp³-hybridized carbons (Fsp3) is 0.412. The summed E-state index contributed by atoms with van der Waals surface area (Å²) in [6.07, 6.45) is 3.66. The molecule has 0 saturated carbocycles. The molecule has 0 aromatic heterocycles. The smallest absolute Gasteiger partial charge is 0.263 e. The van der Waals surface area contributed by atoms with Gasteiger partial charge in [0.2, 0.25) is 0 Å². The number of amides is 1. The van der Waals surface area contributed by atoms with Crippen LogP contribution in [0.5, 0.6) is 0 Å². The van der Waals surface area contributed by atoms with Crippen LogP contribution in [0.2, 0.25) is 0 Å². The molecule has 4 rings (SSSR count). The Kier molecular flexibility index (Phi) is 4.34. The van der Waals surface area contributed by atoms with Gasteiger partial charge in [0.15, 0.2) is 5.79 Å². The number of hydrogen-bond donors (Lipinski definition) is 1. The second kappa shape index (κ2) is 6.48. The number of nitrogens with one attached hydrogen (secondary N) is 1. The van der Waals surface area contributed by atoms with Crippen molar-refractivity contribution in [2.24, 2.45) is 0 Å². The predicted octanol–water partition coefficient (Wildman–Crippen LogP) is 2.52. The van der Waals surface area contributed by atoms with Crippen LogP contribution in [0, 0.1) is 0 Å². The summed E-state index contributed by atoms with van der Waals surface area (Å²) in [5, 5.41) is 2.63. The summed E-state index contributed by atoms with van der Waals surface area (Å²) in [6.45, 7) is 3.26. The maximum atomic E-state index is 11.7. The molecule has 24 heavy (non-hydrogen) atoms. The van der Waals surface area contributed by atoms with Crippen LogP contribution in [0.15, 0.2) is 29.2 Å². The average molecular weight is 362 g/mol. The summed E-state index contributed by atoms with van der Waals surface area (Å²) >= 11 is 6.31. The Labute approximate surface area is 150 Å². The summed E-state index contributed by atoms with van der Waals surface area (Å²) in [6, 6.07) is 8.25. The van der Waals surface area contributed by atoms with Crippen molar-refractivity contribution in [1.82, 2.24) is 5.32 Å². The summed E-state index contributed by atoms with van der Waals surface area (Å²) in [7, 11) is 0. The van der Waals surface area contributed by atoms with E-state index < -0.39 is 0 Å². The molecule has 1 spiro atoms. The first-order valence-corrected chi connectivity index (χ1v) is 9.24. The van der Waals surface area contributed by atoms with Gasteiger partial charge in [-0.05, 0) is 23.8 Å². The Morgan fingerprint density at radius 2 is 1.83 bits per heavy atom. The normalized spacial score (nSPS) is 24.8. The third-order valence-electron chi connectivity index (χ3n) is 4.54. The number of thioether (sulfide) groups is 1. The molecule has 1 N–H and O–H groups in total. The van der Waals surface area contributed by atoms with Gasteiger partial charge in [-0.15, -0.1) is 0 Å². The molecule has 0 bridgehead atoms. The number of carbonyl (C=O) groups is 1. The second-order valence-corrected chi connectivity index (χ2v) is 7.76. The molecule has 1 aromatic rings. The standard InChI is InChI=1S/C17H18N2O3S2/c20-15-14(24-16(23)18-15)11-12-1-3-13(4-2-12)19-7-5-17(6-8-19)21-9-10-22-17/h1-4,11H,5-10H2,(H,18,20,23)/b14-11+. The quantitative estimate of drug-likeness (QED) is 0.644. The number of rotatable bonds is 2. The number of carbonyl (C=O) groups excluding carboxylic acids is 1. The van der Waals surface area contributed by atoms with Gasteiger partial charge in [-0.2, -0.15) is 0 Å². The third-order valence-corrected chi connectivity index (χ3v) is 5.70. The SMILES string of the molecule is O=C1NC(=S)S/C1=C/c1ccc(N2CCC3(CC2)OCCO3)cc1. The fourth-order valence-corrected chi connectivity index (χ4v) is 4.29. The Bertz CT molecular complexity index is 686. The topological polar surface area (TPSA) is 50.8 Å². The third kappa shape index (κ3) is 3.21. The summed E-state index contributed by atoms with van der Waals surface area (Å²) in [5.74, 6) is -0.459. The predicted molar refractivity (Wildman–Crippen MR) is 98.8 cm³/mol. The lowest BCUT2D eigenvalue weighted by Gasteiger charge is -2.38. The van der Waals surface area contributed by atoms with Crippen molar-refractivity contribution in [1.29, 1.82) is 0 Å². The monoisotopic (exact) mass is 362 g/mol. The molecule has 3 aliphatic heterocycles. The van der Waals surface area contributed by atoms with Gasteiger partial charge in [0.05, 0.1) is 18.1 Å². The average Bonchev–Trinajstić information content (AvgIpc) is 3.16. The van der Waals surface area contributed by atoms with Crippen LogP contribution in [0.25, 0.3) is 6.08 Å². The van der Waals surface area contributed by atoms with E-state index in [0.717, 1.165) is 31.5 Å². The van der Waals surface area contributed by atoms with Crippen molar-refractivity contribution < 1.29 is 14.3 Å². The van der Waals surface area contributed by atoms with Crippen LogP contribution in [-0.4, -0.2) is 42.3 Å². The van der Waals surface area contributed by atoms with Crippen molar-refractivity contribution in [3.8, 4) is 0 Å². The Balaban J connectivity index is 1.42. The number of thiocarbonyl (C=S) groups is 1. The first-order valence-electron chi connectivity index (χ1n) is 8.01. The highest BCUT2D eigenvalue weighted by atomic mass is 32.2. The molecule has 0 unspecified atom stereocenters. The zero-order valence-electron chi connectivity index (χ0n) is 13.1. The highest BCUT2D eigenvalue weighted by Crippen LogP contribution is 2.33. The molecule has 126 valence electrons. The molecule has 3 aliphatic rings. The zero-order chi connectivity index (χ0) is 16.6. The zero-order valence-corrected chi connectivity index (χ0v) is 14.8. The van der Waals surface area contributed by atoms with Crippen molar-refractivity contribution >= 4 is 46.0 Å². The number of nitrogens with zero attached hydrogens (tertiary/aromatic N) is 1. The lowest BCUT2D eigenvalue weighted by atomic mass is 10.0. The van der Waals surface area contributed by atoms with Gasteiger partial charge in [-0.1, -0.05) is 36.1 Å². The molecular weight excluding hydrogens is 344 g/mol. The van der Waals surface area contributed by atoms with Crippen molar-refractivity contribution in [2.45, 2.75) is 18.6 Å². The number of anilines is 1. The van der Waals surface area contributed by atoms with Crippen LogP contribution in [-0.2, 0) is 14.3 Å². The fourth-order valence-electron chi connectivity index (χ4n) is 3.25. The summed E-state index contributed by atoms with van der Waals surface area (Å²) in [5.41, 5.74) is 2.18. The lowest BCUT2D eigenvalue weighted by Crippen LogP contribution is -2.45. The van der Waals surface area contributed by atoms with Crippen LogP contribution in [0.1, 0.15) is 18.4 Å².